The van der Waals surface area contributed by atoms with E-state index in [1.807, 2.05) is 0 Å². The van der Waals surface area contributed by atoms with Crippen molar-refractivity contribution in [1.29, 1.82) is 0 Å². The molecule has 1 rings (SSSR count). The summed E-state index contributed by atoms with van der Waals surface area (Å²) in [5, 5.41) is 0.0579. The number of rotatable bonds is 1. The van der Waals surface area contributed by atoms with Crippen molar-refractivity contribution < 1.29 is 9.59 Å². The quantitative estimate of drug-likeness (QED) is 0.512. The molecule has 0 bridgehead atoms. The van der Waals surface area contributed by atoms with Crippen LogP contribution in [0.5, 0.6) is 0 Å². The van der Waals surface area contributed by atoms with Gasteiger partial charge in [0.1, 0.15) is 5.78 Å². The van der Waals surface area contributed by atoms with Crippen molar-refractivity contribution in [3.8, 4) is 0 Å². The highest BCUT2D eigenvalue weighted by Gasteiger charge is 2.28. The highest BCUT2D eigenvalue weighted by molar-refractivity contribution is 8.14. The topological polar surface area (TPSA) is 34.1 Å². The number of thioether (sulfide) groups is 1. The highest BCUT2D eigenvalue weighted by Crippen LogP contribution is 2.25. The molecule has 2 nitrogen and oxygen atoms in total. The Balaban J connectivity index is 2.60. The van der Waals surface area contributed by atoms with Crippen LogP contribution in [0.3, 0.4) is 0 Å². The Morgan fingerprint density at radius 1 is 1.78 bits per heavy atom. The molecule has 1 atom stereocenters. The zero-order valence-electron chi connectivity index (χ0n) is 5.22. The summed E-state index contributed by atoms with van der Waals surface area (Å²) in [5.41, 5.74) is 0. The van der Waals surface area contributed by atoms with Crippen LogP contribution in [0.15, 0.2) is 0 Å². The van der Waals surface area contributed by atoms with Crippen LogP contribution in [0.2, 0.25) is 0 Å². The largest absolute Gasteiger partial charge is 0.299 e. The normalized spacial score (nSPS) is 26.8. The van der Waals surface area contributed by atoms with E-state index in [9.17, 15) is 9.59 Å². The van der Waals surface area contributed by atoms with Gasteiger partial charge < -0.3 is 0 Å². The molecule has 3 heteroatoms. The van der Waals surface area contributed by atoms with Crippen molar-refractivity contribution in [1.82, 2.24) is 0 Å². The summed E-state index contributed by atoms with van der Waals surface area (Å²) >= 11 is 1.27. The molecular formula is C6H8O2S. The second kappa shape index (κ2) is 2.52. The predicted molar refractivity (Wildman–Crippen MR) is 36.3 cm³/mol. The molecule has 50 valence electrons. The van der Waals surface area contributed by atoms with Gasteiger partial charge >= 0.3 is 0 Å². The first-order valence-electron chi connectivity index (χ1n) is 2.89. The number of ketones is 1. The third-order valence-electron chi connectivity index (χ3n) is 1.43. The van der Waals surface area contributed by atoms with Crippen LogP contribution in [0.1, 0.15) is 13.3 Å². The highest BCUT2D eigenvalue weighted by atomic mass is 32.2. The van der Waals surface area contributed by atoms with Gasteiger partial charge in [0.15, 0.2) is 5.12 Å². The van der Waals surface area contributed by atoms with Crippen molar-refractivity contribution in [2.24, 2.45) is 5.92 Å². The van der Waals surface area contributed by atoms with Crippen LogP contribution in [-0.4, -0.2) is 16.7 Å². The number of hydrogen-bond acceptors (Lipinski definition) is 3. The second-order valence-corrected chi connectivity index (χ2v) is 3.22. The van der Waals surface area contributed by atoms with Gasteiger partial charge in [0.05, 0.1) is 5.92 Å². The average molecular weight is 144 g/mol. The third-order valence-corrected chi connectivity index (χ3v) is 2.43. The minimum Gasteiger partial charge on any atom is -0.299 e. The molecule has 1 saturated heterocycles. The van der Waals surface area contributed by atoms with Crippen LogP contribution < -0.4 is 0 Å². The number of carbonyl (C=O) groups is 2. The van der Waals surface area contributed by atoms with E-state index in [0.29, 0.717) is 0 Å². The van der Waals surface area contributed by atoms with Gasteiger partial charge in [0.2, 0.25) is 0 Å². The van der Waals surface area contributed by atoms with E-state index in [2.05, 4.69) is 0 Å². The van der Waals surface area contributed by atoms with E-state index in [1.165, 1.54) is 18.7 Å². The third kappa shape index (κ3) is 1.33. The standard InChI is InChI=1S/C6H8O2S/c1-4(7)5-2-3-9-6(5)8/h5H,2-3H2,1H3. The van der Waals surface area contributed by atoms with Gasteiger partial charge in [0.25, 0.3) is 0 Å². The molecule has 0 N–H and O–H groups in total. The fraction of sp³-hybridized carbons (Fsp3) is 0.667. The first-order chi connectivity index (χ1) is 4.22. The van der Waals surface area contributed by atoms with E-state index >= 15 is 0 Å². The first kappa shape index (κ1) is 6.81. The lowest BCUT2D eigenvalue weighted by Gasteiger charge is -1.97. The molecule has 0 radical (unpaired) electrons. The SMILES string of the molecule is CC(=O)C1CCSC1=O. The van der Waals surface area contributed by atoms with Crippen molar-refractivity contribution in [3.05, 3.63) is 0 Å². The second-order valence-electron chi connectivity index (χ2n) is 2.12. The molecule has 0 aliphatic carbocycles. The summed E-state index contributed by atoms with van der Waals surface area (Å²) in [7, 11) is 0. The molecule has 1 aliphatic heterocycles. The van der Waals surface area contributed by atoms with Crippen LogP contribution in [0, 0.1) is 5.92 Å². The minimum atomic E-state index is -0.282. The Labute approximate surface area is 58.0 Å². The van der Waals surface area contributed by atoms with E-state index in [1.54, 1.807) is 0 Å². The molecule has 0 spiro atoms. The molecule has 9 heavy (non-hydrogen) atoms. The molecule has 1 fully saturated rings. The lowest BCUT2D eigenvalue weighted by atomic mass is 10.1. The number of carbonyl (C=O) groups excluding carboxylic acids is 2. The smallest absolute Gasteiger partial charge is 0.199 e. The first-order valence-corrected chi connectivity index (χ1v) is 3.87. The van der Waals surface area contributed by atoms with E-state index in [-0.39, 0.29) is 16.8 Å². The Kier molecular flexibility index (Phi) is 1.90. The maximum absolute atomic E-state index is 10.8. The van der Waals surface area contributed by atoms with Gasteiger partial charge in [-0.25, -0.2) is 0 Å². The zero-order chi connectivity index (χ0) is 6.85. The van der Waals surface area contributed by atoms with Crippen LogP contribution in [0.4, 0.5) is 0 Å². The summed E-state index contributed by atoms with van der Waals surface area (Å²) in [6.45, 7) is 1.48. The Hall–Kier alpha value is -0.310. The van der Waals surface area contributed by atoms with Gasteiger partial charge in [-0.15, -0.1) is 0 Å². The monoisotopic (exact) mass is 144 g/mol. The van der Waals surface area contributed by atoms with Crippen molar-refractivity contribution in [3.63, 3.8) is 0 Å². The summed E-state index contributed by atoms with van der Waals surface area (Å²) in [6.07, 6.45) is 0.749. The minimum absolute atomic E-state index is 0.0185. The molecule has 1 unspecified atom stereocenters. The summed E-state index contributed by atoms with van der Waals surface area (Å²) in [6, 6.07) is 0. The molecule has 0 aromatic heterocycles. The van der Waals surface area contributed by atoms with Gasteiger partial charge in [-0.2, -0.15) is 0 Å². The lowest BCUT2D eigenvalue weighted by molar-refractivity contribution is -0.126. The maximum Gasteiger partial charge on any atom is 0.199 e. The zero-order valence-corrected chi connectivity index (χ0v) is 6.03. The van der Waals surface area contributed by atoms with Gasteiger partial charge in [-0.05, 0) is 13.3 Å². The molecule has 1 aliphatic rings. The van der Waals surface area contributed by atoms with Crippen LogP contribution in [-0.2, 0) is 9.59 Å². The molecule has 0 aromatic rings. The fourth-order valence-electron chi connectivity index (χ4n) is 0.865. The van der Waals surface area contributed by atoms with Crippen LogP contribution >= 0.6 is 11.8 Å². The van der Waals surface area contributed by atoms with Crippen molar-refractivity contribution in [2.75, 3.05) is 5.75 Å². The van der Waals surface area contributed by atoms with Crippen molar-refractivity contribution >= 4 is 22.7 Å². The summed E-state index contributed by atoms with van der Waals surface area (Å²) in [4.78, 5) is 21.4. The summed E-state index contributed by atoms with van der Waals surface area (Å²) in [5.74, 6) is 0.559. The Morgan fingerprint density at radius 3 is 2.67 bits per heavy atom. The Morgan fingerprint density at radius 2 is 2.44 bits per heavy atom. The lowest BCUT2D eigenvalue weighted by Crippen LogP contribution is -2.13. The number of hydrogen-bond donors (Lipinski definition) is 0. The van der Waals surface area contributed by atoms with E-state index < -0.39 is 0 Å². The van der Waals surface area contributed by atoms with Gasteiger partial charge in [-0.1, -0.05) is 11.8 Å². The van der Waals surface area contributed by atoms with Gasteiger partial charge in [0, 0.05) is 5.75 Å². The van der Waals surface area contributed by atoms with Crippen LogP contribution in [0.25, 0.3) is 0 Å². The number of Topliss-reactive ketones (excluding diaryl/α,β-unsaturated/α-hetero) is 1. The summed E-state index contributed by atoms with van der Waals surface area (Å²) < 4.78 is 0. The molecule has 1 heterocycles. The molecule has 0 amide bonds. The fourth-order valence-corrected chi connectivity index (χ4v) is 1.90. The Bertz CT molecular complexity index is 153. The van der Waals surface area contributed by atoms with E-state index in [4.69, 9.17) is 0 Å². The van der Waals surface area contributed by atoms with Crippen molar-refractivity contribution in [2.45, 2.75) is 13.3 Å². The molecular weight excluding hydrogens is 136 g/mol. The predicted octanol–water partition coefficient (Wildman–Crippen LogP) is 0.855. The maximum atomic E-state index is 10.8. The molecule has 0 aromatic carbocycles. The van der Waals surface area contributed by atoms with Gasteiger partial charge in [-0.3, -0.25) is 9.59 Å². The molecule has 0 saturated carbocycles. The average Bonchev–Trinajstić information content (AvgIpc) is 2.13. The van der Waals surface area contributed by atoms with E-state index in [0.717, 1.165) is 12.2 Å².